The fourth-order valence-corrected chi connectivity index (χ4v) is 4.34. The second kappa shape index (κ2) is 9.42. The Hall–Kier alpha value is -3.71. The topological polar surface area (TPSA) is 123 Å². The van der Waals surface area contributed by atoms with Gasteiger partial charge in [-0.2, -0.15) is 5.26 Å². The van der Waals surface area contributed by atoms with Crippen LogP contribution in [0.25, 0.3) is 0 Å². The number of nitrogens with two attached hydrogens (primary N) is 1. The molecular formula is C23H24F2N6O2. The fraction of sp³-hybridized carbons (Fsp3) is 0.348. The van der Waals surface area contributed by atoms with Crippen LogP contribution in [0.5, 0.6) is 0 Å². The molecule has 2 aliphatic heterocycles. The van der Waals surface area contributed by atoms with E-state index < -0.39 is 29.7 Å². The minimum atomic E-state index is -1.06. The van der Waals surface area contributed by atoms with Gasteiger partial charge in [-0.15, -0.1) is 0 Å². The Bertz CT molecular complexity index is 1120. The Morgan fingerprint density at radius 2 is 1.91 bits per heavy atom. The van der Waals surface area contributed by atoms with Gasteiger partial charge in [-0.1, -0.05) is 0 Å². The predicted octanol–water partition coefficient (Wildman–Crippen LogP) is 3.35. The lowest BCUT2D eigenvalue weighted by Crippen LogP contribution is -2.46. The SMILES string of the molecule is N#C[C@@H]1CCCN1C(=O)C(N)CC1CNc2ccc(NC(=O)Nc3ccc(F)c(F)c3)cc21. The zero-order valence-electron chi connectivity index (χ0n) is 17.8. The Kier molecular flexibility index (Phi) is 6.42. The molecular weight excluding hydrogens is 430 g/mol. The average molecular weight is 454 g/mol. The Morgan fingerprint density at radius 3 is 2.64 bits per heavy atom. The van der Waals surface area contributed by atoms with Crippen molar-refractivity contribution in [3.05, 3.63) is 53.6 Å². The fourth-order valence-electron chi connectivity index (χ4n) is 4.34. The Balaban J connectivity index is 1.40. The van der Waals surface area contributed by atoms with Crippen LogP contribution in [0, 0.1) is 23.0 Å². The number of urea groups is 1. The highest BCUT2D eigenvalue weighted by molar-refractivity contribution is 6.00. The van der Waals surface area contributed by atoms with Crippen LogP contribution in [-0.2, 0) is 4.79 Å². The number of hydrogen-bond acceptors (Lipinski definition) is 5. The molecule has 2 aliphatic rings. The minimum Gasteiger partial charge on any atom is -0.384 e. The van der Waals surface area contributed by atoms with Crippen LogP contribution in [0.1, 0.15) is 30.7 Å². The molecule has 4 rings (SSSR count). The van der Waals surface area contributed by atoms with Gasteiger partial charge in [-0.05, 0) is 55.2 Å². The van der Waals surface area contributed by atoms with Crippen LogP contribution in [0.4, 0.5) is 30.6 Å². The van der Waals surface area contributed by atoms with E-state index in [9.17, 15) is 23.6 Å². The summed E-state index contributed by atoms with van der Waals surface area (Å²) in [5.41, 5.74) is 8.65. The molecule has 3 atom stereocenters. The zero-order valence-corrected chi connectivity index (χ0v) is 17.8. The van der Waals surface area contributed by atoms with Crippen molar-refractivity contribution in [1.29, 1.82) is 5.26 Å². The third-order valence-corrected chi connectivity index (χ3v) is 6.01. The molecule has 1 fully saturated rings. The van der Waals surface area contributed by atoms with E-state index in [1.54, 1.807) is 17.0 Å². The van der Waals surface area contributed by atoms with Gasteiger partial charge in [-0.3, -0.25) is 4.79 Å². The number of carbonyl (C=O) groups is 2. The van der Waals surface area contributed by atoms with Gasteiger partial charge in [0, 0.05) is 42.1 Å². The summed E-state index contributed by atoms with van der Waals surface area (Å²) < 4.78 is 26.4. The number of hydrogen-bond donors (Lipinski definition) is 4. The van der Waals surface area contributed by atoms with E-state index in [-0.39, 0.29) is 17.5 Å². The molecule has 0 radical (unpaired) electrons. The highest BCUT2D eigenvalue weighted by Crippen LogP contribution is 2.36. The summed E-state index contributed by atoms with van der Waals surface area (Å²) in [6.07, 6.45) is 1.87. The predicted molar refractivity (Wildman–Crippen MR) is 120 cm³/mol. The number of anilines is 3. The molecule has 2 unspecified atom stereocenters. The van der Waals surface area contributed by atoms with E-state index in [1.165, 1.54) is 6.07 Å². The van der Waals surface area contributed by atoms with E-state index in [4.69, 9.17) is 5.73 Å². The van der Waals surface area contributed by atoms with Gasteiger partial charge in [0.15, 0.2) is 11.6 Å². The largest absolute Gasteiger partial charge is 0.384 e. The lowest BCUT2D eigenvalue weighted by Gasteiger charge is -2.25. The highest BCUT2D eigenvalue weighted by Gasteiger charge is 2.34. The summed E-state index contributed by atoms with van der Waals surface area (Å²) in [5.74, 6) is -2.31. The normalized spacial score (nSPS) is 19.9. The number of nitrogens with one attached hydrogen (secondary N) is 3. The van der Waals surface area contributed by atoms with Crippen molar-refractivity contribution in [3.63, 3.8) is 0 Å². The standard InChI is InChI=1S/C23H24F2N6O2/c24-18-5-3-15(10-19(18)25)30-23(33)29-14-4-6-21-17(9-14)13(12-28-21)8-20(27)22(32)31-7-1-2-16(31)11-26/h3-6,9-10,13,16,20,28H,1-2,7-8,12,27H2,(H2,29,30,33)/t13?,16-,20?/m0/s1. The van der Waals surface area contributed by atoms with E-state index >= 15 is 0 Å². The van der Waals surface area contributed by atoms with Crippen LogP contribution in [0.15, 0.2) is 36.4 Å². The van der Waals surface area contributed by atoms with Crippen molar-refractivity contribution < 1.29 is 18.4 Å². The molecule has 2 heterocycles. The first-order valence-corrected chi connectivity index (χ1v) is 10.7. The number of likely N-dealkylation sites (tertiary alicyclic amines) is 1. The monoisotopic (exact) mass is 454 g/mol. The molecule has 0 aromatic heterocycles. The first-order chi connectivity index (χ1) is 15.9. The van der Waals surface area contributed by atoms with E-state index in [1.807, 2.05) is 6.07 Å². The van der Waals surface area contributed by atoms with E-state index in [0.29, 0.717) is 31.6 Å². The third-order valence-electron chi connectivity index (χ3n) is 6.01. The molecule has 0 spiro atoms. The Morgan fingerprint density at radius 1 is 1.18 bits per heavy atom. The molecule has 3 amide bonds. The minimum absolute atomic E-state index is 0.0434. The lowest BCUT2D eigenvalue weighted by atomic mass is 9.93. The zero-order chi connectivity index (χ0) is 23.5. The van der Waals surface area contributed by atoms with Gasteiger partial charge in [0.1, 0.15) is 6.04 Å². The number of carbonyl (C=O) groups excluding carboxylic acids is 2. The maximum atomic E-state index is 13.3. The van der Waals surface area contributed by atoms with Crippen molar-refractivity contribution in [3.8, 4) is 6.07 Å². The summed E-state index contributed by atoms with van der Waals surface area (Å²) >= 11 is 0. The van der Waals surface area contributed by atoms with Gasteiger partial charge >= 0.3 is 6.03 Å². The molecule has 0 aliphatic carbocycles. The van der Waals surface area contributed by atoms with Crippen molar-refractivity contribution in [1.82, 2.24) is 4.90 Å². The maximum absolute atomic E-state index is 13.3. The van der Waals surface area contributed by atoms with E-state index in [2.05, 4.69) is 22.0 Å². The number of amides is 3. The molecule has 0 bridgehead atoms. The smallest absolute Gasteiger partial charge is 0.323 e. The molecule has 5 N–H and O–H groups in total. The van der Waals surface area contributed by atoms with Gasteiger partial charge in [0.05, 0.1) is 12.1 Å². The molecule has 172 valence electrons. The summed E-state index contributed by atoms with van der Waals surface area (Å²) in [5, 5.41) is 17.6. The second-order valence-corrected chi connectivity index (χ2v) is 8.25. The Labute approximate surface area is 189 Å². The molecule has 33 heavy (non-hydrogen) atoms. The molecule has 8 nitrogen and oxygen atoms in total. The van der Waals surface area contributed by atoms with Crippen molar-refractivity contribution >= 4 is 29.0 Å². The lowest BCUT2D eigenvalue weighted by molar-refractivity contribution is -0.132. The first-order valence-electron chi connectivity index (χ1n) is 10.7. The molecule has 1 saturated heterocycles. The summed E-state index contributed by atoms with van der Waals surface area (Å²) in [4.78, 5) is 26.6. The van der Waals surface area contributed by atoms with Crippen LogP contribution in [0.3, 0.4) is 0 Å². The molecule has 0 saturated carbocycles. The number of benzene rings is 2. The number of halogens is 2. The van der Waals surface area contributed by atoms with Crippen molar-refractivity contribution in [2.24, 2.45) is 5.73 Å². The number of rotatable bonds is 5. The molecule has 2 aromatic rings. The van der Waals surface area contributed by atoms with Crippen LogP contribution >= 0.6 is 0 Å². The maximum Gasteiger partial charge on any atom is 0.323 e. The number of fused-ring (bicyclic) bond motifs is 1. The van der Waals surface area contributed by atoms with Gasteiger partial charge in [-0.25, -0.2) is 13.6 Å². The molecule has 2 aromatic carbocycles. The average Bonchev–Trinajstić information content (AvgIpc) is 3.42. The first kappa shape index (κ1) is 22.5. The van der Waals surface area contributed by atoms with Crippen LogP contribution in [-0.4, -0.2) is 42.0 Å². The van der Waals surface area contributed by atoms with Crippen molar-refractivity contribution in [2.45, 2.75) is 37.3 Å². The van der Waals surface area contributed by atoms with Crippen LogP contribution < -0.4 is 21.7 Å². The highest BCUT2D eigenvalue weighted by atomic mass is 19.2. The summed E-state index contributed by atoms with van der Waals surface area (Å²) in [6.45, 7) is 1.15. The number of nitriles is 1. The third kappa shape index (κ3) is 4.88. The van der Waals surface area contributed by atoms with Crippen LogP contribution in [0.2, 0.25) is 0 Å². The molecule has 10 heteroatoms. The quantitative estimate of drug-likeness (QED) is 0.552. The van der Waals surface area contributed by atoms with E-state index in [0.717, 1.165) is 29.8 Å². The number of nitrogens with zero attached hydrogens (tertiary/aromatic N) is 2. The van der Waals surface area contributed by atoms with Crippen molar-refractivity contribution in [2.75, 3.05) is 29.0 Å². The second-order valence-electron chi connectivity index (χ2n) is 8.25. The van der Waals surface area contributed by atoms with Gasteiger partial charge < -0.3 is 26.6 Å². The van der Waals surface area contributed by atoms with Gasteiger partial charge in [0.2, 0.25) is 5.91 Å². The van der Waals surface area contributed by atoms with Gasteiger partial charge in [0.25, 0.3) is 0 Å². The summed E-state index contributed by atoms with van der Waals surface area (Å²) in [7, 11) is 0. The summed E-state index contributed by atoms with van der Waals surface area (Å²) in [6, 6.07) is 8.83.